The first kappa shape index (κ1) is 4.09. The van der Waals surface area contributed by atoms with E-state index in [1.807, 2.05) is 7.05 Å². The molecule has 0 saturated heterocycles. The van der Waals surface area contributed by atoms with Crippen molar-refractivity contribution in [2.45, 2.75) is 0 Å². The van der Waals surface area contributed by atoms with Crippen molar-refractivity contribution in [3.63, 3.8) is 0 Å². The summed E-state index contributed by atoms with van der Waals surface area (Å²) in [5.41, 5.74) is 0. The predicted molar refractivity (Wildman–Crippen MR) is 24.8 cm³/mol. The molecule has 3 heteroatoms. The maximum absolute atomic E-state index is 2.93. The molecular weight excluding hydrogens is 47.6 g/mol. The molecule has 0 heterocycles. The van der Waals surface area contributed by atoms with E-state index in [4.69, 9.17) is 0 Å². The first-order chi connectivity index (χ1) is 1.91. The molecule has 0 rings (SSSR count). The molecular formula is CH7B2N. The second-order valence-corrected chi connectivity index (χ2v) is 0.707. The first-order valence-electron chi connectivity index (χ1n) is 1.56. The van der Waals surface area contributed by atoms with Crippen molar-refractivity contribution in [2.24, 2.45) is 0 Å². The van der Waals surface area contributed by atoms with Crippen molar-refractivity contribution in [3.05, 3.63) is 0 Å². The number of hydrogen-bond donors (Lipinski definition) is 1. The van der Waals surface area contributed by atoms with Crippen molar-refractivity contribution in [1.29, 1.82) is 0 Å². The van der Waals surface area contributed by atoms with Crippen LogP contribution in [0.15, 0.2) is 0 Å². The van der Waals surface area contributed by atoms with Crippen LogP contribution in [-0.2, 0) is 0 Å². The highest BCUT2D eigenvalue weighted by molar-refractivity contribution is 6.87. The van der Waals surface area contributed by atoms with Gasteiger partial charge in [0.15, 0.2) is 7.31 Å². The van der Waals surface area contributed by atoms with Gasteiger partial charge in [0.2, 0.25) is 0 Å². The molecule has 0 aromatic rings. The quantitative estimate of drug-likeness (QED) is 0.345. The third-order valence-corrected chi connectivity index (χ3v) is 0.354. The van der Waals surface area contributed by atoms with Gasteiger partial charge >= 0.3 is 0 Å². The van der Waals surface area contributed by atoms with Crippen LogP contribution in [0.5, 0.6) is 0 Å². The van der Waals surface area contributed by atoms with Crippen molar-refractivity contribution in [2.75, 3.05) is 7.05 Å². The molecule has 1 N–H and O–H groups in total. The summed E-state index contributed by atoms with van der Waals surface area (Å²) in [6.07, 6.45) is 0. The van der Waals surface area contributed by atoms with Gasteiger partial charge < -0.3 is 5.23 Å². The van der Waals surface area contributed by atoms with Crippen LogP contribution in [0, 0.1) is 0 Å². The zero-order chi connectivity index (χ0) is 3.41. The summed E-state index contributed by atoms with van der Waals surface area (Å²) in [6, 6.07) is 0. The lowest BCUT2D eigenvalue weighted by molar-refractivity contribution is 1.27. The molecule has 0 aromatic heterocycles. The standard InChI is InChI=1S/CH7B2N/c1-4-3-2/h3-4H,2H2,1H3. The van der Waals surface area contributed by atoms with Crippen LogP contribution in [-0.4, -0.2) is 22.1 Å². The molecule has 0 fully saturated rings. The Labute approximate surface area is 28.4 Å². The lowest BCUT2D eigenvalue weighted by Gasteiger charge is -1.72. The Morgan fingerprint density at radius 1 is 2.00 bits per heavy atom. The van der Waals surface area contributed by atoms with Gasteiger partial charge in [-0.05, 0) is 7.05 Å². The molecule has 0 spiro atoms. The molecule has 0 radical (unpaired) electrons. The molecule has 0 aromatic carbocycles. The van der Waals surface area contributed by atoms with E-state index in [0.717, 1.165) is 7.31 Å². The highest BCUT2D eigenvalue weighted by atomic mass is 14.7. The van der Waals surface area contributed by atoms with E-state index < -0.39 is 0 Å². The van der Waals surface area contributed by atoms with Gasteiger partial charge in [0.25, 0.3) is 0 Å². The second-order valence-electron chi connectivity index (χ2n) is 0.707. The molecule has 0 amide bonds. The highest BCUT2D eigenvalue weighted by Crippen LogP contribution is 1.16. The average Bonchev–Trinajstić information content (AvgIpc) is 1.37. The Hall–Kier alpha value is 0.0899. The van der Waals surface area contributed by atoms with Crippen LogP contribution < -0.4 is 5.23 Å². The van der Waals surface area contributed by atoms with Crippen LogP contribution in [0.1, 0.15) is 0 Å². The van der Waals surface area contributed by atoms with Crippen LogP contribution in [0.4, 0.5) is 0 Å². The lowest BCUT2D eigenvalue weighted by atomic mass is 9.68. The van der Waals surface area contributed by atoms with Crippen LogP contribution in [0.3, 0.4) is 0 Å². The van der Waals surface area contributed by atoms with Gasteiger partial charge in [-0.3, -0.25) is 0 Å². The SMILES string of the molecule is BBNC. The Morgan fingerprint density at radius 3 is 2.25 bits per heavy atom. The maximum Gasteiger partial charge on any atom is 0.157 e. The topological polar surface area (TPSA) is 12.0 Å². The van der Waals surface area contributed by atoms with E-state index in [2.05, 4.69) is 13.0 Å². The summed E-state index contributed by atoms with van der Waals surface area (Å²) in [4.78, 5) is 0. The molecule has 0 bridgehead atoms. The molecule has 0 aliphatic rings. The van der Waals surface area contributed by atoms with Gasteiger partial charge in [0.1, 0.15) is 0 Å². The summed E-state index contributed by atoms with van der Waals surface area (Å²) in [5.74, 6) is 0. The number of nitrogens with one attached hydrogen (secondary N) is 1. The van der Waals surface area contributed by atoms with Gasteiger partial charge in [-0.25, -0.2) is 0 Å². The fraction of sp³-hybridized carbons (Fsp3) is 1.00. The van der Waals surface area contributed by atoms with E-state index in [0.29, 0.717) is 0 Å². The zero-order valence-corrected chi connectivity index (χ0v) is 3.21. The minimum Gasteiger partial charge on any atom is -0.369 e. The fourth-order valence-electron chi connectivity index (χ4n) is 0. The third-order valence-electron chi connectivity index (χ3n) is 0.354. The van der Waals surface area contributed by atoms with Crippen LogP contribution >= 0.6 is 0 Å². The fourth-order valence-corrected chi connectivity index (χ4v) is 0. The van der Waals surface area contributed by atoms with E-state index in [1.54, 1.807) is 0 Å². The van der Waals surface area contributed by atoms with Gasteiger partial charge in [-0.15, -0.1) is 0 Å². The third kappa shape index (κ3) is 2.09. The summed E-state index contributed by atoms with van der Waals surface area (Å²) in [7, 11) is 5.07. The van der Waals surface area contributed by atoms with Gasteiger partial charge in [0.05, 0.1) is 7.74 Å². The van der Waals surface area contributed by atoms with E-state index in [9.17, 15) is 0 Å². The molecule has 22 valence electrons. The second kappa shape index (κ2) is 3.09. The van der Waals surface area contributed by atoms with Gasteiger partial charge in [-0.2, -0.15) is 0 Å². The van der Waals surface area contributed by atoms with Crippen molar-refractivity contribution < 1.29 is 0 Å². The molecule has 0 atom stereocenters. The molecule has 4 heavy (non-hydrogen) atoms. The van der Waals surface area contributed by atoms with Crippen LogP contribution in [0.2, 0.25) is 0 Å². The number of rotatable bonds is 1. The molecule has 0 aliphatic carbocycles. The highest BCUT2D eigenvalue weighted by Gasteiger charge is 1.58. The minimum atomic E-state index is 1.07. The van der Waals surface area contributed by atoms with E-state index in [1.165, 1.54) is 0 Å². The van der Waals surface area contributed by atoms with E-state index in [-0.39, 0.29) is 0 Å². The minimum absolute atomic E-state index is 1.07. The summed E-state index contributed by atoms with van der Waals surface area (Å²) < 4.78 is 0. The zero-order valence-electron chi connectivity index (χ0n) is 3.21. The molecule has 0 aliphatic heterocycles. The smallest absolute Gasteiger partial charge is 0.157 e. The molecule has 0 saturated carbocycles. The van der Waals surface area contributed by atoms with Crippen molar-refractivity contribution >= 4 is 15.0 Å². The molecule has 1 nitrogen and oxygen atoms in total. The maximum atomic E-state index is 2.93. The van der Waals surface area contributed by atoms with Crippen molar-refractivity contribution in [1.82, 2.24) is 5.23 Å². The summed E-state index contributed by atoms with van der Waals surface area (Å²) in [6.45, 7) is 0. The van der Waals surface area contributed by atoms with Crippen molar-refractivity contribution in [3.8, 4) is 0 Å². The Balaban J connectivity index is 1.97. The summed E-state index contributed by atoms with van der Waals surface area (Å²) in [5, 5.41) is 2.93. The Bertz CT molecular complexity index is 8.00. The Morgan fingerprint density at radius 2 is 2.25 bits per heavy atom. The monoisotopic (exact) mass is 55.1 g/mol. The average molecular weight is 54.7 g/mol. The largest absolute Gasteiger partial charge is 0.369 e. The van der Waals surface area contributed by atoms with Crippen LogP contribution in [0.25, 0.3) is 0 Å². The lowest BCUT2D eigenvalue weighted by Crippen LogP contribution is -2.11. The van der Waals surface area contributed by atoms with Gasteiger partial charge in [-0.1, -0.05) is 0 Å². The molecule has 0 unspecified atom stereocenters. The van der Waals surface area contributed by atoms with Gasteiger partial charge in [0, 0.05) is 0 Å². The van der Waals surface area contributed by atoms with E-state index >= 15 is 0 Å². The summed E-state index contributed by atoms with van der Waals surface area (Å²) >= 11 is 0. The normalized spacial score (nSPS) is 6.25. The Kier molecular flexibility index (Phi) is 3.16. The number of hydrogen-bond acceptors (Lipinski definition) is 1. The predicted octanol–water partition coefficient (Wildman–Crippen LogP) is -1.89. The first-order valence-corrected chi connectivity index (χ1v) is 1.56.